The Bertz CT molecular complexity index is 1080. The number of carbonyl (C=O) groups excluding carboxylic acids is 1. The molecule has 2 aromatic rings. The summed E-state index contributed by atoms with van der Waals surface area (Å²) in [5.41, 5.74) is 1.85. The van der Waals surface area contributed by atoms with Gasteiger partial charge in [-0.05, 0) is 67.6 Å². The van der Waals surface area contributed by atoms with E-state index in [1.807, 2.05) is 6.92 Å². The van der Waals surface area contributed by atoms with Crippen LogP contribution in [0.2, 0.25) is 5.02 Å². The predicted octanol–water partition coefficient (Wildman–Crippen LogP) is 3.92. The lowest BCUT2D eigenvalue weighted by Gasteiger charge is -2.06. The van der Waals surface area contributed by atoms with E-state index in [4.69, 9.17) is 11.6 Å². The average Bonchev–Trinajstić information content (AvgIpc) is 2.64. The number of sulfonamides is 1. The molecule has 5 nitrogen and oxygen atoms in total. The second-order valence-electron chi connectivity index (χ2n) is 5.82. The molecule has 136 valence electrons. The maximum atomic E-state index is 12.7. The molecule has 7 heteroatoms. The highest BCUT2D eigenvalue weighted by Crippen LogP contribution is 2.17. The molecule has 1 aliphatic rings. The van der Waals surface area contributed by atoms with Crippen molar-refractivity contribution < 1.29 is 13.2 Å². The first-order chi connectivity index (χ1) is 12.8. The number of nitrogens with zero attached hydrogens (tertiary/aromatic N) is 2. The van der Waals surface area contributed by atoms with Gasteiger partial charge in [0.05, 0.1) is 10.6 Å². The Morgan fingerprint density at radius 2 is 1.48 bits per heavy atom. The van der Waals surface area contributed by atoms with Crippen LogP contribution in [0.25, 0.3) is 0 Å². The minimum atomic E-state index is -3.96. The molecular weight excluding hydrogens is 384 g/mol. The van der Waals surface area contributed by atoms with Gasteiger partial charge in [0.15, 0.2) is 11.6 Å². The van der Waals surface area contributed by atoms with E-state index in [2.05, 4.69) is 9.39 Å². The summed E-state index contributed by atoms with van der Waals surface area (Å²) in [6, 6.07) is 12.9. The van der Waals surface area contributed by atoms with Crippen molar-refractivity contribution in [1.29, 1.82) is 0 Å². The van der Waals surface area contributed by atoms with Gasteiger partial charge in [0, 0.05) is 10.6 Å². The monoisotopic (exact) mass is 398 g/mol. The van der Waals surface area contributed by atoms with Crippen molar-refractivity contribution in [3.05, 3.63) is 89.0 Å². The molecule has 0 radical (unpaired) electrons. The first-order valence-electron chi connectivity index (χ1n) is 8.00. The van der Waals surface area contributed by atoms with Crippen LogP contribution in [0, 0.1) is 6.92 Å². The van der Waals surface area contributed by atoms with E-state index in [-0.39, 0.29) is 16.5 Å². The Hall–Kier alpha value is -2.83. The number of rotatable bonds is 3. The molecule has 0 heterocycles. The van der Waals surface area contributed by atoms with Gasteiger partial charge in [-0.15, -0.1) is 4.40 Å². The Morgan fingerprint density at radius 1 is 0.889 bits per heavy atom. The van der Waals surface area contributed by atoms with E-state index in [0.717, 1.165) is 5.56 Å². The highest BCUT2D eigenvalue weighted by atomic mass is 35.5. The Kier molecular flexibility index (Phi) is 5.48. The van der Waals surface area contributed by atoms with Crippen LogP contribution < -0.4 is 0 Å². The molecule has 3 rings (SSSR count). The van der Waals surface area contributed by atoms with Gasteiger partial charge in [0.25, 0.3) is 10.0 Å². The summed E-state index contributed by atoms with van der Waals surface area (Å²) in [6.07, 6.45) is 5.72. The predicted molar refractivity (Wildman–Crippen MR) is 107 cm³/mol. The van der Waals surface area contributed by atoms with Crippen molar-refractivity contribution in [1.82, 2.24) is 0 Å². The summed E-state index contributed by atoms with van der Waals surface area (Å²) in [7, 11) is -3.96. The molecule has 0 aliphatic heterocycles. The van der Waals surface area contributed by atoms with Gasteiger partial charge < -0.3 is 0 Å². The summed E-state index contributed by atoms with van der Waals surface area (Å²) >= 11 is 5.91. The quantitative estimate of drug-likeness (QED) is 0.446. The fraction of sp³-hybridized carbons (Fsp3) is 0.0500. The maximum absolute atomic E-state index is 12.7. The molecule has 0 N–H and O–H groups in total. The second-order valence-corrected chi connectivity index (χ2v) is 7.86. The third-order valence-corrected chi connectivity index (χ3v) is 5.23. The summed E-state index contributed by atoms with van der Waals surface area (Å²) in [5, 5.41) is 0.509. The zero-order valence-corrected chi connectivity index (χ0v) is 15.9. The Morgan fingerprint density at radius 3 is 2.07 bits per heavy atom. The van der Waals surface area contributed by atoms with Crippen molar-refractivity contribution >= 4 is 39.0 Å². The molecule has 0 saturated carbocycles. The van der Waals surface area contributed by atoms with Crippen LogP contribution in [0.3, 0.4) is 0 Å². The van der Waals surface area contributed by atoms with Crippen molar-refractivity contribution in [2.45, 2.75) is 11.8 Å². The van der Waals surface area contributed by atoms with E-state index < -0.39 is 10.0 Å². The van der Waals surface area contributed by atoms with Crippen LogP contribution in [-0.4, -0.2) is 25.7 Å². The largest absolute Gasteiger partial charge is 0.290 e. The summed E-state index contributed by atoms with van der Waals surface area (Å²) in [4.78, 5) is 15.7. The number of amidine groups is 1. The molecular formula is C20H15ClN2O3S. The first kappa shape index (κ1) is 18.9. The standard InChI is InChI=1S/C20H15ClN2O3S/c1-14-2-12-19(13-3-14)27(25,26)23-20(15-4-6-16(21)7-5-15)22-17-8-10-18(24)11-9-17/h2-13H,1H3/b23-20-. The van der Waals surface area contributed by atoms with Crippen LogP contribution in [-0.2, 0) is 14.8 Å². The highest BCUT2D eigenvalue weighted by Gasteiger charge is 2.16. The van der Waals surface area contributed by atoms with Gasteiger partial charge in [-0.25, -0.2) is 4.99 Å². The molecule has 0 amide bonds. The number of allylic oxidation sites excluding steroid dienone is 4. The number of ketones is 1. The molecule has 0 fully saturated rings. The summed E-state index contributed by atoms with van der Waals surface area (Å²) < 4.78 is 29.4. The second kappa shape index (κ2) is 7.82. The molecule has 1 aliphatic carbocycles. The fourth-order valence-electron chi connectivity index (χ4n) is 2.26. The Balaban J connectivity index is 2.10. The van der Waals surface area contributed by atoms with Gasteiger partial charge in [-0.2, -0.15) is 8.42 Å². The number of benzene rings is 2. The van der Waals surface area contributed by atoms with E-state index in [1.54, 1.807) is 36.4 Å². The molecule has 0 unspecified atom stereocenters. The van der Waals surface area contributed by atoms with Crippen LogP contribution in [0.5, 0.6) is 0 Å². The number of aryl methyl sites for hydroxylation is 1. The molecule has 0 saturated heterocycles. The van der Waals surface area contributed by atoms with E-state index >= 15 is 0 Å². The Labute approximate surface area is 162 Å². The minimum absolute atomic E-state index is 0.00545. The van der Waals surface area contributed by atoms with Crippen molar-refractivity contribution in [3.8, 4) is 0 Å². The highest BCUT2D eigenvalue weighted by molar-refractivity contribution is 7.90. The zero-order chi connectivity index (χ0) is 19.4. The van der Waals surface area contributed by atoms with E-state index in [1.165, 1.54) is 36.4 Å². The lowest BCUT2D eigenvalue weighted by atomic mass is 10.1. The third-order valence-electron chi connectivity index (χ3n) is 3.70. The number of aliphatic imine (C=N–C) groups is 1. The molecule has 0 aromatic heterocycles. The molecule has 0 bridgehead atoms. The van der Waals surface area contributed by atoms with Gasteiger partial charge in [0.2, 0.25) is 0 Å². The average molecular weight is 399 g/mol. The molecule has 27 heavy (non-hydrogen) atoms. The molecule has 0 atom stereocenters. The van der Waals surface area contributed by atoms with Gasteiger partial charge >= 0.3 is 0 Å². The van der Waals surface area contributed by atoms with Gasteiger partial charge in [0.1, 0.15) is 0 Å². The molecule has 0 spiro atoms. The SMILES string of the molecule is Cc1ccc(S(=O)(=O)/N=C(\N=C2C=CC(=O)C=C2)c2ccc(Cl)cc2)cc1. The van der Waals surface area contributed by atoms with Crippen LogP contribution in [0.1, 0.15) is 11.1 Å². The topological polar surface area (TPSA) is 75.9 Å². The minimum Gasteiger partial charge on any atom is -0.290 e. The smallest absolute Gasteiger partial charge is 0.284 e. The van der Waals surface area contributed by atoms with Crippen LogP contribution in [0.15, 0.2) is 87.1 Å². The zero-order valence-electron chi connectivity index (χ0n) is 14.3. The number of carbonyl (C=O) groups is 1. The van der Waals surface area contributed by atoms with Crippen molar-refractivity contribution in [3.63, 3.8) is 0 Å². The lowest BCUT2D eigenvalue weighted by Crippen LogP contribution is -2.08. The van der Waals surface area contributed by atoms with Crippen LogP contribution in [0.4, 0.5) is 0 Å². The lowest BCUT2D eigenvalue weighted by molar-refractivity contribution is -0.110. The van der Waals surface area contributed by atoms with Crippen LogP contribution >= 0.6 is 11.6 Å². The first-order valence-corrected chi connectivity index (χ1v) is 9.82. The molecule has 2 aromatic carbocycles. The fourth-order valence-corrected chi connectivity index (χ4v) is 3.34. The number of halogens is 1. The maximum Gasteiger partial charge on any atom is 0.284 e. The van der Waals surface area contributed by atoms with Crippen molar-refractivity contribution in [2.75, 3.05) is 0 Å². The van der Waals surface area contributed by atoms with E-state index in [9.17, 15) is 13.2 Å². The summed E-state index contributed by atoms with van der Waals surface area (Å²) in [6.45, 7) is 1.87. The number of hydrogen-bond acceptors (Lipinski definition) is 3. The normalized spacial score (nSPS) is 14.5. The van der Waals surface area contributed by atoms with Gasteiger partial charge in [-0.1, -0.05) is 29.3 Å². The van der Waals surface area contributed by atoms with E-state index in [0.29, 0.717) is 16.3 Å². The number of hydrogen-bond donors (Lipinski definition) is 0. The third kappa shape index (κ3) is 4.87. The van der Waals surface area contributed by atoms with Crippen molar-refractivity contribution in [2.24, 2.45) is 9.39 Å². The summed E-state index contributed by atoms with van der Waals surface area (Å²) in [5.74, 6) is -0.155. The van der Waals surface area contributed by atoms with Gasteiger partial charge in [-0.3, -0.25) is 4.79 Å².